The lowest BCUT2D eigenvalue weighted by atomic mass is 9.81. The molecule has 232 valence electrons. The van der Waals surface area contributed by atoms with Crippen LogP contribution in [0.5, 0.6) is 23.0 Å². The molecule has 48 heavy (non-hydrogen) atoms. The third-order valence-corrected chi connectivity index (χ3v) is 15.4. The molecule has 6 aromatic rings. The highest BCUT2D eigenvalue weighted by Crippen LogP contribution is 2.60. The van der Waals surface area contributed by atoms with E-state index in [-0.39, 0.29) is 10.8 Å². The number of hydrogen-bond donors (Lipinski definition) is 0. The zero-order valence-corrected chi connectivity index (χ0v) is 29.2. The minimum absolute atomic E-state index is 0.195. The molecule has 0 bridgehead atoms. The van der Waals surface area contributed by atoms with Crippen molar-refractivity contribution in [3.05, 3.63) is 130 Å². The van der Waals surface area contributed by atoms with Gasteiger partial charge in [0.2, 0.25) is 0 Å². The SMILES string of the molecule is Cc1ccc(N2c3cc4c(c5c3[SiH]3c6c(cc(C)cc6Oc6c3c2cc2c6C(C)(C)c3ccccc3-2)O5)C(C)(C)c2ccccc2-4)cc1. The number of ether oxygens (including phenoxy) is 2. The molecule has 5 aliphatic rings. The van der Waals surface area contributed by atoms with E-state index in [1.54, 1.807) is 0 Å². The molecule has 2 aliphatic carbocycles. The normalized spacial score (nSPS) is 17.1. The number of nitrogens with zero attached hydrogens (tertiary/aromatic N) is 1. The molecule has 0 unspecified atom stereocenters. The largest absolute Gasteiger partial charge is 0.457 e. The second-order valence-electron chi connectivity index (χ2n) is 15.4. The summed E-state index contributed by atoms with van der Waals surface area (Å²) in [5, 5.41) is 4.06. The maximum absolute atomic E-state index is 7.26. The van der Waals surface area contributed by atoms with E-state index in [1.165, 1.54) is 77.0 Å². The maximum Gasteiger partial charge on any atom is 0.157 e. The standard InChI is InChI=1S/C44H35NO2Si/c1-23-15-17-25(18-16-23)45-32-21-28-26-11-7-9-13-30(26)43(3,4)36(28)38-40(32)48-41-33(45)22-29-27-12-8-10-14-31(27)44(5,6)37(29)39(41)47-35-20-24(2)19-34(46-38)42(35)48/h7-22,48H,1-6H3. The summed E-state index contributed by atoms with van der Waals surface area (Å²) < 4.78 is 14.5. The van der Waals surface area contributed by atoms with Crippen LogP contribution in [0.2, 0.25) is 0 Å². The van der Waals surface area contributed by atoms with Crippen LogP contribution in [0.4, 0.5) is 17.1 Å². The van der Waals surface area contributed by atoms with Crippen molar-refractivity contribution >= 4 is 41.4 Å². The van der Waals surface area contributed by atoms with Crippen molar-refractivity contribution < 1.29 is 9.47 Å². The first-order valence-corrected chi connectivity index (χ1v) is 18.9. The molecule has 11 rings (SSSR count). The van der Waals surface area contributed by atoms with Gasteiger partial charge in [0, 0.05) is 43.2 Å². The van der Waals surface area contributed by atoms with Gasteiger partial charge in [-0.1, -0.05) is 93.9 Å². The molecule has 3 heterocycles. The lowest BCUT2D eigenvalue weighted by Crippen LogP contribution is -2.62. The van der Waals surface area contributed by atoms with Crippen LogP contribution in [-0.2, 0) is 10.8 Å². The predicted molar refractivity (Wildman–Crippen MR) is 198 cm³/mol. The van der Waals surface area contributed by atoms with Crippen molar-refractivity contribution in [3.8, 4) is 45.3 Å². The first-order valence-electron chi connectivity index (χ1n) is 17.1. The van der Waals surface area contributed by atoms with E-state index in [0.29, 0.717) is 0 Å². The summed E-state index contributed by atoms with van der Waals surface area (Å²) in [6, 6.07) is 36.4. The summed E-state index contributed by atoms with van der Waals surface area (Å²) in [4.78, 5) is 2.53. The van der Waals surface area contributed by atoms with E-state index in [1.807, 2.05) is 0 Å². The Morgan fingerprint density at radius 3 is 1.50 bits per heavy atom. The molecule has 0 atom stereocenters. The Hall–Kier alpha value is -5.06. The summed E-state index contributed by atoms with van der Waals surface area (Å²) in [6.07, 6.45) is 0. The van der Waals surface area contributed by atoms with Crippen molar-refractivity contribution in [3.63, 3.8) is 0 Å². The molecule has 0 spiro atoms. The second kappa shape index (κ2) is 8.50. The molecule has 4 heteroatoms. The van der Waals surface area contributed by atoms with E-state index in [0.717, 1.165) is 34.2 Å². The van der Waals surface area contributed by atoms with Gasteiger partial charge in [0.15, 0.2) is 8.80 Å². The first-order chi connectivity index (χ1) is 23.1. The van der Waals surface area contributed by atoms with Crippen molar-refractivity contribution in [2.45, 2.75) is 52.4 Å². The van der Waals surface area contributed by atoms with Crippen LogP contribution in [0.25, 0.3) is 22.3 Å². The summed E-state index contributed by atoms with van der Waals surface area (Å²) in [5.74, 6) is 4.10. The van der Waals surface area contributed by atoms with Gasteiger partial charge < -0.3 is 14.4 Å². The number of anilines is 3. The van der Waals surface area contributed by atoms with Crippen molar-refractivity contribution in [1.82, 2.24) is 0 Å². The van der Waals surface area contributed by atoms with E-state index < -0.39 is 8.80 Å². The highest BCUT2D eigenvalue weighted by Gasteiger charge is 2.53. The number of fused-ring (bicyclic) bond motifs is 8. The van der Waals surface area contributed by atoms with Crippen LogP contribution >= 0.6 is 0 Å². The Morgan fingerprint density at radius 1 is 0.521 bits per heavy atom. The second-order valence-corrected chi connectivity index (χ2v) is 18.0. The van der Waals surface area contributed by atoms with Crippen LogP contribution in [0, 0.1) is 13.8 Å². The smallest absolute Gasteiger partial charge is 0.157 e. The third-order valence-electron chi connectivity index (χ3n) is 11.9. The highest BCUT2D eigenvalue weighted by molar-refractivity contribution is 7.00. The molecule has 0 radical (unpaired) electrons. The fraction of sp³-hybridized carbons (Fsp3) is 0.182. The van der Waals surface area contributed by atoms with Gasteiger partial charge in [-0.05, 0) is 89.2 Å². The van der Waals surface area contributed by atoms with Crippen LogP contribution in [0.3, 0.4) is 0 Å². The van der Waals surface area contributed by atoms with Gasteiger partial charge in [0.25, 0.3) is 0 Å². The minimum Gasteiger partial charge on any atom is -0.457 e. The zero-order valence-electron chi connectivity index (χ0n) is 28.1. The average Bonchev–Trinajstić information content (AvgIpc) is 3.44. The fourth-order valence-corrected chi connectivity index (χ4v) is 13.5. The fourth-order valence-electron chi connectivity index (χ4n) is 9.86. The molecule has 0 amide bonds. The topological polar surface area (TPSA) is 21.7 Å². The first kappa shape index (κ1) is 26.9. The van der Waals surface area contributed by atoms with Crippen LogP contribution in [0.15, 0.2) is 97.1 Å². The van der Waals surface area contributed by atoms with Crippen molar-refractivity contribution in [1.29, 1.82) is 0 Å². The molecule has 0 N–H and O–H groups in total. The van der Waals surface area contributed by atoms with Gasteiger partial charge in [-0.2, -0.15) is 0 Å². The Labute approximate surface area is 283 Å². The van der Waals surface area contributed by atoms with Crippen molar-refractivity contribution in [2.75, 3.05) is 4.90 Å². The lowest BCUT2D eigenvalue weighted by Gasteiger charge is -2.45. The number of hydrogen-bond acceptors (Lipinski definition) is 3. The van der Waals surface area contributed by atoms with Gasteiger partial charge in [-0.15, -0.1) is 0 Å². The van der Waals surface area contributed by atoms with E-state index in [9.17, 15) is 0 Å². The molecule has 0 fully saturated rings. The van der Waals surface area contributed by atoms with E-state index >= 15 is 0 Å². The summed E-state index contributed by atoms with van der Waals surface area (Å²) in [6.45, 7) is 13.8. The highest BCUT2D eigenvalue weighted by atomic mass is 28.3. The molecular weight excluding hydrogens is 603 g/mol. The molecular formula is C44H35NO2Si. The molecule has 0 saturated heterocycles. The number of rotatable bonds is 1. The van der Waals surface area contributed by atoms with Gasteiger partial charge in [-0.3, -0.25) is 0 Å². The molecule has 6 aromatic carbocycles. The molecule has 0 saturated carbocycles. The Balaban J connectivity index is 1.33. The Kier molecular flexibility index (Phi) is 4.77. The van der Waals surface area contributed by atoms with Crippen molar-refractivity contribution in [2.24, 2.45) is 0 Å². The lowest BCUT2D eigenvalue weighted by molar-refractivity contribution is 0.448. The Morgan fingerprint density at radius 2 is 1.00 bits per heavy atom. The van der Waals surface area contributed by atoms with E-state index in [4.69, 9.17) is 9.47 Å². The molecule has 3 nitrogen and oxygen atoms in total. The number of aryl methyl sites for hydroxylation is 2. The number of benzene rings is 6. The Bertz CT molecular complexity index is 2340. The summed E-state index contributed by atoms with van der Waals surface area (Å²) in [7, 11) is -2.09. The van der Waals surface area contributed by atoms with Crippen LogP contribution in [-0.4, -0.2) is 8.80 Å². The zero-order chi connectivity index (χ0) is 32.4. The van der Waals surface area contributed by atoms with Gasteiger partial charge in [-0.25, -0.2) is 0 Å². The van der Waals surface area contributed by atoms with E-state index in [2.05, 4.69) is 144 Å². The van der Waals surface area contributed by atoms with Crippen LogP contribution in [0.1, 0.15) is 61.1 Å². The minimum atomic E-state index is -2.09. The molecule has 3 aliphatic heterocycles. The van der Waals surface area contributed by atoms with Gasteiger partial charge in [0.1, 0.15) is 23.0 Å². The quantitative estimate of drug-likeness (QED) is 0.168. The monoisotopic (exact) mass is 637 g/mol. The predicted octanol–water partition coefficient (Wildman–Crippen LogP) is 9.16. The molecule has 0 aromatic heterocycles. The summed E-state index contributed by atoms with van der Waals surface area (Å²) in [5.41, 5.74) is 16.2. The third kappa shape index (κ3) is 3.02. The van der Waals surface area contributed by atoms with Gasteiger partial charge in [0.05, 0.1) is 11.4 Å². The maximum atomic E-state index is 7.26. The average molecular weight is 638 g/mol. The van der Waals surface area contributed by atoms with Gasteiger partial charge >= 0.3 is 0 Å². The summed E-state index contributed by atoms with van der Waals surface area (Å²) >= 11 is 0. The van der Waals surface area contributed by atoms with Crippen LogP contribution < -0.4 is 29.9 Å².